The summed E-state index contributed by atoms with van der Waals surface area (Å²) in [4.78, 5) is 21.7. The van der Waals surface area contributed by atoms with Gasteiger partial charge in [0.05, 0.1) is 11.9 Å². The van der Waals surface area contributed by atoms with Crippen LogP contribution in [0.3, 0.4) is 0 Å². The fourth-order valence-corrected chi connectivity index (χ4v) is 2.75. The molecule has 0 bridgehead atoms. The monoisotopic (exact) mass is 295 g/mol. The summed E-state index contributed by atoms with van der Waals surface area (Å²) in [5.74, 6) is -0.537. The fraction of sp³-hybridized carbons (Fsp3) is 0.353. The minimum absolute atomic E-state index is 0.0601. The molecule has 113 valence electrons. The zero-order chi connectivity index (χ0) is 15.4. The van der Waals surface area contributed by atoms with E-state index in [4.69, 9.17) is 5.73 Å². The Bertz CT molecular complexity index is 657. The molecule has 1 aromatic heterocycles. The van der Waals surface area contributed by atoms with Crippen molar-refractivity contribution in [2.24, 2.45) is 5.73 Å². The molecule has 0 unspecified atom stereocenters. The maximum Gasteiger partial charge on any atom is 0.286 e. The van der Waals surface area contributed by atoms with Crippen LogP contribution in [0.5, 0.6) is 0 Å². The van der Waals surface area contributed by atoms with Gasteiger partial charge in [0.25, 0.3) is 5.91 Å². The minimum atomic E-state index is -0.597. The molecule has 5 nitrogen and oxygen atoms in total. The van der Waals surface area contributed by atoms with Gasteiger partial charge in [0.15, 0.2) is 0 Å². The molecular weight excluding hydrogens is 276 g/mol. The molecule has 2 aromatic rings. The first-order valence-corrected chi connectivity index (χ1v) is 7.56. The van der Waals surface area contributed by atoms with Crippen LogP contribution in [0, 0.1) is 6.20 Å². The second kappa shape index (κ2) is 6.66. The van der Waals surface area contributed by atoms with Crippen LogP contribution in [0.2, 0.25) is 0 Å². The number of hydrogen-bond acceptors (Lipinski definition) is 4. The van der Waals surface area contributed by atoms with Crippen LogP contribution >= 0.6 is 0 Å². The Balaban J connectivity index is 1.57. The molecule has 2 heterocycles. The predicted octanol–water partition coefficient (Wildman–Crippen LogP) is 1.37. The largest absolute Gasteiger partial charge is 0.363 e. The van der Waals surface area contributed by atoms with Gasteiger partial charge in [-0.15, -0.1) is 0 Å². The zero-order valence-corrected chi connectivity index (χ0v) is 12.5. The summed E-state index contributed by atoms with van der Waals surface area (Å²) in [6, 6.07) is 10.5. The molecule has 1 aromatic carbocycles. The van der Waals surface area contributed by atoms with Gasteiger partial charge in [-0.3, -0.25) is 9.69 Å². The standard InChI is InChI=1S/C17H19N4O/c18-16(22)17-19-11-14-8-10-21(12-15(14)20-17)9-4-7-13-5-2-1-3-6-13/h1-3,5-6H,4,7-10,12H2,(H2,18,22). The molecule has 3 rings (SSSR count). The molecular formula is C17H19N4O. The van der Waals surface area contributed by atoms with Gasteiger partial charge in [-0.2, -0.15) is 0 Å². The highest BCUT2D eigenvalue weighted by Gasteiger charge is 2.19. The summed E-state index contributed by atoms with van der Waals surface area (Å²) < 4.78 is 0. The number of aryl methyl sites for hydroxylation is 1. The molecule has 1 radical (unpaired) electrons. The third kappa shape index (κ3) is 3.49. The Kier molecular flexibility index (Phi) is 4.44. The van der Waals surface area contributed by atoms with Crippen LogP contribution in [0.4, 0.5) is 0 Å². The number of hydrogen-bond donors (Lipinski definition) is 1. The minimum Gasteiger partial charge on any atom is -0.363 e. The van der Waals surface area contributed by atoms with Gasteiger partial charge in [0.2, 0.25) is 5.82 Å². The van der Waals surface area contributed by atoms with Gasteiger partial charge >= 0.3 is 0 Å². The van der Waals surface area contributed by atoms with E-state index in [1.165, 1.54) is 5.56 Å². The van der Waals surface area contributed by atoms with E-state index in [9.17, 15) is 4.79 Å². The Labute approximate surface area is 130 Å². The topological polar surface area (TPSA) is 72.1 Å². The molecule has 22 heavy (non-hydrogen) atoms. The summed E-state index contributed by atoms with van der Waals surface area (Å²) in [7, 11) is 0. The number of rotatable bonds is 5. The van der Waals surface area contributed by atoms with Crippen molar-refractivity contribution < 1.29 is 4.79 Å². The van der Waals surface area contributed by atoms with Crippen molar-refractivity contribution in [2.45, 2.75) is 25.8 Å². The highest BCUT2D eigenvalue weighted by Crippen LogP contribution is 2.16. The fourth-order valence-electron chi connectivity index (χ4n) is 2.75. The van der Waals surface area contributed by atoms with Gasteiger partial charge < -0.3 is 5.73 Å². The average molecular weight is 295 g/mol. The quantitative estimate of drug-likeness (QED) is 0.904. The molecule has 1 aliphatic heterocycles. The van der Waals surface area contributed by atoms with E-state index < -0.39 is 5.91 Å². The summed E-state index contributed by atoms with van der Waals surface area (Å²) in [6.45, 7) is 2.74. The smallest absolute Gasteiger partial charge is 0.286 e. The summed E-state index contributed by atoms with van der Waals surface area (Å²) >= 11 is 0. The van der Waals surface area contributed by atoms with E-state index >= 15 is 0 Å². The SMILES string of the molecule is NC(=O)c1n[c]c2c(n1)CN(CCCc1ccccc1)CC2. The first-order chi connectivity index (χ1) is 10.7. The highest BCUT2D eigenvalue weighted by molar-refractivity contribution is 5.88. The van der Waals surface area contributed by atoms with E-state index in [2.05, 4.69) is 45.3 Å². The van der Waals surface area contributed by atoms with E-state index in [1.54, 1.807) is 0 Å². The molecule has 1 aliphatic rings. The normalized spacial score (nSPS) is 14.5. The summed E-state index contributed by atoms with van der Waals surface area (Å²) in [6.07, 6.45) is 5.96. The molecule has 0 atom stereocenters. The van der Waals surface area contributed by atoms with Crippen molar-refractivity contribution in [3.63, 3.8) is 0 Å². The number of benzene rings is 1. The molecule has 0 fully saturated rings. The maximum absolute atomic E-state index is 11.2. The van der Waals surface area contributed by atoms with Crippen molar-refractivity contribution >= 4 is 5.91 Å². The van der Waals surface area contributed by atoms with E-state index in [0.29, 0.717) is 0 Å². The predicted molar refractivity (Wildman–Crippen MR) is 83.1 cm³/mol. The lowest BCUT2D eigenvalue weighted by Gasteiger charge is -2.27. The lowest BCUT2D eigenvalue weighted by atomic mass is 10.1. The van der Waals surface area contributed by atoms with Crippen molar-refractivity contribution in [1.29, 1.82) is 0 Å². The zero-order valence-electron chi connectivity index (χ0n) is 12.5. The Morgan fingerprint density at radius 2 is 2.14 bits per heavy atom. The molecule has 0 saturated heterocycles. The molecule has 1 amide bonds. The number of nitrogens with zero attached hydrogens (tertiary/aromatic N) is 3. The number of nitrogens with two attached hydrogens (primary N) is 1. The van der Waals surface area contributed by atoms with Crippen molar-refractivity contribution in [1.82, 2.24) is 14.9 Å². The van der Waals surface area contributed by atoms with Crippen LogP contribution in [-0.4, -0.2) is 33.9 Å². The maximum atomic E-state index is 11.2. The van der Waals surface area contributed by atoms with Crippen molar-refractivity contribution in [3.05, 3.63) is 59.2 Å². The van der Waals surface area contributed by atoms with Gasteiger partial charge in [-0.1, -0.05) is 30.3 Å². The van der Waals surface area contributed by atoms with Gasteiger partial charge in [-0.05, 0) is 31.4 Å². The Morgan fingerprint density at radius 1 is 1.32 bits per heavy atom. The van der Waals surface area contributed by atoms with Gasteiger partial charge in [0.1, 0.15) is 0 Å². The van der Waals surface area contributed by atoms with Crippen LogP contribution in [0.25, 0.3) is 0 Å². The molecule has 2 N–H and O–H groups in total. The van der Waals surface area contributed by atoms with Crippen LogP contribution in [0.15, 0.2) is 30.3 Å². The molecule has 5 heteroatoms. The van der Waals surface area contributed by atoms with E-state index in [1.807, 2.05) is 6.07 Å². The Morgan fingerprint density at radius 3 is 2.91 bits per heavy atom. The van der Waals surface area contributed by atoms with E-state index in [-0.39, 0.29) is 5.82 Å². The molecule has 0 aliphatic carbocycles. The number of fused-ring (bicyclic) bond motifs is 1. The summed E-state index contributed by atoms with van der Waals surface area (Å²) in [5.41, 5.74) is 8.48. The van der Waals surface area contributed by atoms with Crippen molar-refractivity contribution in [2.75, 3.05) is 13.1 Å². The second-order valence-corrected chi connectivity index (χ2v) is 5.56. The number of carbonyl (C=O) groups excluding carboxylic acids is 1. The first kappa shape index (κ1) is 14.7. The Hall–Kier alpha value is -2.27. The van der Waals surface area contributed by atoms with Crippen molar-refractivity contribution in [3.8, 4) is 0 Å². The van der Waals surface area contributed by atoms with Gasteiger partial charge in [-0.25, -0.2) is 9.97 Å². The van der Waals surface area contributed by atoms with Crippen LogP contribution in [0.1, 0.15) is 33.9 Å². The molecule has 0 spiro atoms. The third-order valence-corrected chi connectivity index (χ3v) is 3.94. The van der Waals surface area contributed by atoms with Gasteiger partial charge in [0, 0.05) is 18.7 Å². The highest BCUT2D eigenvalue weighted by atomic mass is 16.1. The molecule has 0 saturated carbocycles. The lowest BCUT2D eigenvalue weighted by Crippen LogP contribution is -2.33. The number of primary amides is 1. The average Bonchev–Trinajstić information content (AvgIpc) is 2.55. The van der Waals surface area contributed by atoms with E-state index in [0.717, 1.165) is 50.2 Å². The van der Waals surface area contributed by atoms with Crippen LogP contribution < -0.4 is 5.73 Å². The number of carbonyl (C=O) groups is 1. The summed E-state index contributed by atoms with van der Waals surface area (Å²) in [5, 5.41) is 0. The number of aromatic nitrogens is 2. The lowest BCUT2D eigenvalue weighted by molar-refractivity contribution is 0.0989. The second-order valence-electron chi connectivity index (χ2n) is 5.56. The first-order valence-electron chi connectivity index (χ1n) is 7.56. The third-order valence-electron chi connectivity index (χ3n) is 3.94. The van der Waals surface area contributed by atoms with Crippen LogP contribution in [-0.2, 0) is 19.4 Å². The number of amides is 1.